The van der Waals surface area contributed by atoms with Crippen LogP contribution in [0.25, 0.3) is 0 Å². The number of ether oxygens (including phenoxy) is 1. The average molecular weight is 451 g/mol. The van der Waals surface area contributed by atoms with Crippen LogP contribution >= 0.6 is 15.9 Å². The molecule has 0 radical (unpaired) electrons. The lowest BCUT2D eigenvalue weighted by Crippen LogP contribution is -2.40. The van der Waals surface area contributed by atoms with Crippen LogP contribution in [0.4, 0.5) is 5.69 Å². The second kappa shape index (κ2) is 9.32. The Morgan fingerprint density at radius 3 is 2.43 bits per heavy atom. The van der Waals surface area contributed by atoms with E-state index in [1.54, 1.807) is 18.2 Å². The van der Waals surface area contributed by atoms with Crippen LogP contribution in [0, 0.1) is 17.8 Å². The van der Waals surface area contributed by atoms with Crippen molar-refractivity contribution in [2.75, 3.05) is 18.5 Å². The molecule has 1 aromatic carbocycles. The largest absolute Gasteiger partial charge is 0.455 e. The van der Waals surface area contributed by atoms with E-state index >= 15 is 0 Å². The molecule has 3 rings (SSSR count). The maximum atomic E-state index is 12.3. The molecule has 1 aromatic rings. The molecule has 0 saturated heterocycles. The number of rotatable bonds is 6. The smallest absolute Gasteiger partial charge is 0.309 e. The lowest BCUT2D eigenvalue weighted by atomic mass is 9.67. The standard InChI is InChI=1S/C20H23BrN2O5/c21-15-6-1-2-7-16(15)23-17(24)10-22-18(25)11-28-20(27)14-8-12-4-3-5-13(9-14)19(12)26/h1-2,6-7,12-14H,3-5,8-11H2,(H,22,25)(H,23,24). The second-order valence-corrected chi connectivity index (χ2v) is 8.16. The summed E-state index contributed by atoms with van der Waals surface area (Å²) in [4.78, 5) is 48.1. The number of carbonyl (C=O) groups excluding carboxylic acids is 4. The van der Waals surface area contributed by atoms with E-state index in [9.17, 15) is 19.2 Å². The zero-order valence-electron chi connectivity index (χ0n) is 15.4. The van der Waals surface area contributed by atoms with E-state index < -0.39 is 18.5 Å². The van der Waals surface area contributed by atoms with Gasteiger partial charge in [0, 0.05) is 16.3 Å². The number of hydrogen-bond acceptors (Lipinski definition) is 5. The van der Waals surface area contributed by atoms with Gasteiger partial charge in [0.1, 0.15) is 5.78 Å². The van der Waals surface area contributed by atoms with Crippen molar-refractivity contribution in [1.82, 2.24) is 5.32 Å². The molecule has 2 aliphatic carbocycles. The molecule has 2 unspecified atom stereocenters. The molecule has 0 heterocycles. The molecular formula is C20H23BrN2O5. The average Bonchev–Trinajstić information content (AvgIpc) is 2.66. The molecular weight excluding hydrogens is 428 g/mol. The first-order valence-electron chi connectivity index (χ1n) is 9.45. The molecule has 0 aliphatic heterocycles. The normalized spacial score (nSPS) is 23.6. The van der Waals surface area contributed by atoms with Crippen molar-refractivity contribution in [3.63, 3.8) is 0 Å². The molecule has 150 valence electrons. The first-order chi connectivity index (χ1) is 13.4. The van der Waals surface area contributed by atoms with Crippen molar-refractivity contribution in [1.29, 1.82) is 0 Å². The Hall–Kier alpha value is -2.22. The second-order valence-electron chi connectivity index (χ2n) is 7.31. The van der Waals surface area contributed by atoms with Crippen LogP contribution in [0.2, 0.25) is 0 Å². The monoisotopic (exact) mass is 450 g/mol. The highest BCUT2D eigenvalue weighted by molar-refractivity contribution is 9.10. The van der Waals surface area contributed by atoms with E-state index in [2.05, 4.69) is 26.6 Å². The van der Waals surface area contributed by atoms with Gasteiger partial charge in [-0.15, -0.1) is 0 Å². The van der Waals surface area contributed by atoms with Gasteiger partial charge in [-0.1, -0.05) is 18.6 Å². The van der Waals surface area contributed by atoms with Crippen LogP contribution in [0.3, 0.4) is 0 Å². The Bertz CT molecular complexity index is 766. The van der Waals surface area contributed by atoms with Gasteiger partial charge in [0.2, 0.25) is 5.91 Å². The number of ketones is 1. The highest BCUT2D eigenvalue weighted by atomic mass is 79.9. The summed E-state index contributed by atoms with van der Waals surface area (Å²) in [7, 11) is 0. The Kier molecular flexibility index (Phi) is 6.83. The lowest BCUT2D eigenvalue weighted by Gasteiger charge is -2.36. The number of halogens is 1. The first kappa shape index (κ1) is 20.5. The van der Waals surface area contributed by atoms with Crippen LogP contribution < -0.4 is 10.6 Å². The number of para-hydroxylation sites is 1. The van der Waals surface area contributed by atoms with Crippen molar-refractivity contribution in [3.8, 4) is 0 Å². The van der Waals surface area contributed by atoms with Crippen LogP contribution in [0.5, 0.6) is 0 Å². The molecule has 2 N–H and O–H groups in total. The van der Waals surface area contributed by atoms with Gasteiger partial charge < -0.3 is 15.4 Å². The summed E-state index contributed by atoms with van der Waals surface area (Å²) in [6.07, 6.45) is 3.75. The fourth-order valence-electron chi connectivity index (χ4n) is 3.91. The number of carbonyl (C=O) groups is 4. The molecule has 2 saturated carbocycles. The number of benzene rings is 1. The van der Waals surface area contributed by atoms with Gasteiger partial charge in [0.05, 0.1) is 18.2 Å². The zero-order chi connectivity index (χ0) is 20.1. The summed E-state index contributed by atoms with van der Waals surface area (Å²) < 4.78 is 5.85. The quantitative estimate of drug-likeness (QED) is 0.648. The fraction of sp³-hybridized carbons (Fsp3) is 0.500. The van der Waals surface area contributed by atoms with Gasteiger partial charge in [-0.05, 0) is 53.7 Å². The van der Waals surface area contributed by atoms with E-state index in [0.29, 0.717) is 18.5 Å². The minimum absolute atomic E-state index is 0.0418. The van der Waals surface area contributed by atoms with Crippen molar-refractivity contribution in [2.24, 2.45) is 17.8 Å². The van der Waals surface area contributed by atoms with E-state index in [1.807, 2.05) is 6.07 Å². The summed E-state index contributed by atoms with van der Waals surface area (Å²) in [5.41, 5.74) is 0.602. The molecule has 2 bridgehead atoms. The number of anilines is 1. The van der Waals surface area contributed by atoms with E-state index in [0.717, 1.165) is 23.7 Å². The maximum Gasteiger partial charge on any atom is 0.309 e. The van der Waals surface area contributed by atoms with E-state index in [4.69, 9.17) is 4.74 Å². The van der Waals surface area contributed by atoms with Crippen LogP contribution in [0.15, 0.2) is 28.7 Å². The summed E-state index contributed by atoms with van der Waals surface area (Å²) in [6.45, 7) is -0.652. The van der Waals surface area contributed by atoms with Crippen LogP contribution in [-0.4, -0.2) is 36.7 Å². The number of Topliss-reactive ketones (excluding diaryl/α,β-unsaturated/α-hetero) is 1. The van der Waals surface area contributed by atoms with E-state index in [-0.39, 0.29) is 36.0 Å². The van der Waals surface area contributed by atoms with Crippen molar-refractivity contribution in [3.05, 3.63) is 28.7 Å². The zero-order valence-corrected chi connectivity index (χ0v) is 17.0. The van der Waals surface area contributed by atoms with Gasteiger partial charge in [-0.2, -0.15) is 0 Å². The molecule has 8 heteroatoms. The first-order valence-corrected chi connectivity index (χ1v) is 10.2. The molecule has 0 spiro atoms. The predicted octanol–water partition coefficient (Wildman–Crippen LogP) is 2.44. The number of fused-ring (bicyclic) bond motifs is 2. The topological polar surface area (TPSA) is 102 Å². The molecule has 2 amide bonds. The summed E-state index contributed by atoms with van der Waals surface area (Å²) >= 11 is 3.32. The fourth-order valence-corrected chi connectivity index (χ4v) is 4.30. The number of hydrogen-bond donors (Lipinski definition) is 2. The van der Waals surface area contributed by atoms with Crippen molar-refractivity contribution in [2.45, 2.75) is 32.1 Å². The van der Waals surface area contributed by atoms with Gasteiger partial charge in [-0.3, -0.25) is 19.2 Å². The number of esters is 1. The third-order valence-electron chi connectivity index (χ3n) is 5.32. The molecule has 2 fully saturated rings. The third kappa shape index (κ3) is 5.19. The van der Waals surface area contributed by atoms with Gasteiger partial charge in [0.15, 0.2) is 6.61 Å². The van der Waals surface area contributed by atoms with Crippen molar-refractivity contribution >= 4 is 45.2 Å². The molecule has 0 aromatic heterocycles. The summed E-state index contributed by atoms with van der Waals surface area (Å²) in [5, 5.41) is 5.10. The van der Waals surface area contributed by atoms with Crippen LogP contribution in [0.1, 0.15) is 32.1 Å². The predicted molar refractivity (Wildman–Crippen MR) is 105 cm³/mol. The number of nitrogens with one attached hydrogen (secondary N) is 2. The highest BCUT2D eigenvalue weighted by Gasteiger charge is 2.41. The third-order valence-corrected chi connectivity index (χ3v) is 6.01. The van der Waals surface area contributed by atoms with E-state index in [1.165, 1.54) is 0 Å². The van der Waals surface area contributed by atoms with Gasteiger partial charge in [0.25, 0.3) is 5.91 Å². The van der Waals surface area contributed by atoms with Crippen LogP contribution in [-0.2, 0) is 23.9 Å². The SMILES string of the molecule is O=C(COC(=O)C1CC2CCCC(C1)C2=O)NCC(=O)Nc1ccccc1Br. The Morgan fingerprint density at radius 2 is 1.75 bits per heavy atom. The molecule has 2 aliphatic rings. The molecule has 28 heavy (non-hydrogen) atoms. The Morgan fingerprint density at radius 1 is 1.07 bits per heavy atom. The van der Waals surface area contributed by atoms with Gasteiger partial charge >= 0.3 is 5.97 Å². The minimum Gasteiger partial charge on any atom is -0.455 e. The summed E-state index contributed by atoms with van der Waals surface area (Å²) in [5.74, 6) is -1.48. The Balaban J connectivity index is 1.38. The minimum atomic E-state index is -0.539. The van der Waals surface area contributed by atoms with Crippen molar-refractivity contribution < 1.29 is 23.9 Å². The Labute approximate surface area is 171 Å². The maximum absolute atomic E-state index is 12.3. The number of amides is 2. The molecule has 7 nitrogen and oxygen atoms in total. The molecule has 2 atom stereocenters. The highest BCUT2D eigenvalue weighted by Crippen LogP contribution is 2.40. The lowest BCUT2D eigenvalue weighted by molar-refractivity contribution is -0.156. The summed E-state index contributed by atoms with van der Waals surface area (Å²) in [6, 6.07) is 7.13. The van der Waals surface area contributed by atoms with Gasteiger partial charge in [-0.25, -0.2) is 0 Å².